The molecule has 1 aromatic rings. The first-order valence-corrected chi connectivity index (χ1v) is 7.60. The van der Waals surface area contributed by atoms with E-state index in [0.29, 0.717) is 22.2 Å². The molecule has 20 heavy (non-hydrogen) atoms. The van der Waals surface area contributed by atoms with E-state index in [2.05, 4.69) is 22.9 Å². The van der Waals surface area contributed by atoms with E-state index >= 15 is 0 Å². The van der Waals surface area contributed by atoms with E-state index in [4.69, 9.17) is 4.74 Å². The Labute approximate surface area is 127 Å². The molecule has 1 heterocycles. The average molecular weight is 320 g/mol. The molecule has 0 spiro atoms. The summed E-state index contributed by atoms with van der Waals surface area (Å²) < 4.78 is 5.09. The molecule has 1 rings (SSSR count). The summed E-state index contributed by atoms with van der Waals surface area (Å²) in [6, 6.07) is 0. The third-order valence-electron chi connectivity index (χ3n) is 2.21. The minimum absolute atomic E-state index is 0.311. The Hall–Kier alpha value is -0.830. The van der Waals surface area contributed by atoms with Crippen LogP contribution < -0.4 is 5.32 Å². The molecule has 2 unspecified atom stereocenters. The summed E-state index contributed by atoms with van der Waals surface area (Å²) in [7, 11) is 0. The van der Waals surface area contributed by atoms with Gasteiger partial charge in [0, 0.05) is 6.20 Å². The van der Waals surface area contributed by atoms with E-state index in [1.54, 1.807) is 20.8 Å². The molecule has 1 aromatic heterocycles. The molecule has 0 aliphatic heterocycles. The molecule has 114 valence electrons. The Bertz CT molecular complexity index is 445. The average Bonchev–Trinajstić information content (AvgIpc) is 2.74. The largest absolute Gasteiger partial charge is 0.444 e. The summed E-state index contributed by atoms with van der Waals surface area (Å²) in [4.78, 5) is 16.0. The topological polar surface area (TPSA) is 91.7 Å². The van der Waals surface area contributed by atoms with Crippen LogP contribution in [0.3, 0.4) is 0 Å². The van der Waals surface area contributed by atoms with E-state index in [0.717, 1.165) is 11.3 Å². The highest BCUT2D eigenvalue weighted by Crippen LogP contribution is 2.28. The van der Waals surface area contributed by atoms with Crippen LogP contribution in [-0.4, -0.2) is 38.7 Å². The Balaban J connectivity index is 2.61. The van der Waals surface area contributed by atoms with Crippen molar-refractivity contribution in [3.8, 4) is 0 Å². The summed E-state index contributed by atoms with van der Waals surface area (Å²) in [6.07, 6.45) is -0.749. The van der Waals surface area contributed by atoms with Gasteiger partial charge in [0.1, 0.15) is 11.7 Å². The first-order valence-electron chi connectivity index (χ1n) is 6.15. The minimum atomic E-state index is -1.03. The summed E-state index contributed by atoms with van der Waals surface area (Å²) in [5, 5.41) is 22.4. The van der Waals surface area contributed by atoms with Crippen LogP contribution in [0.5, 0.6) is 0 Å². The van der Waals surface area contributed by atoms with Crippen molar-refractivity contribution in [3.63, 3.8) is 0 Å². The Morgan fingerprint density at radius 2 is 2.20 bits per heavy atom. The monoisotopic (exact) mass is 320 g/mol. The number of carbonyl (C=O) groups excluding carboxylic acids is 1. The normalized spacial score (nSPS) is 14.7. The lowest BCUT2D eigenvalue weighted by Crippen LogP contribution is -2.27. The number of thiol groups is 1. The molecule has 1 amide bonds. The van der Waals surface area contributed by atoms with Gasteiger partial charge in [-0.15, -0.1) is 0 Å². The van der Waals surface area contributed by atoms with E-state index in [1.807, 2.05) is 0 Å². The van der Waals surface area contributed by atoms with Gasteiger partial charge in [0.25, 0.3) is 0 Å². The third kappa shape index (κ3) is 5.66. The molecule has 0 aromatic carbocycles. The number of aliphatic hydroxyl groups excluding tert-OH is 2. The zero-order chi connectivity index (χ0) is 15.3. The van der Waals surface area contributed by atoms with Crippen molar-refractivity contribution in [3.05, 3.63) is 11.1 Å². The van der Waals surface area contributed by atoms with Crippen molar-refractivity contribution in [2.75, 3.05) is 11.1 Å². The van der Waals surface area contributed by atoms with E-state index in [9.17, 15) is 15.0 Å². The van der Waals surface area contributed by atoms with Crippen LogP contribution in [0.2, 0.25) is 0 Å². The lowest BCUT2D eigenvalue weighted by Gasteiger charge is -2.19. The third-order valence-corrected chi connectivity index (χ3v) is 3.45. The second-order valence-corrected chi connectivity index (χ2v) is 6.73. The van der Waals surface area contributed by atoms with Gasteiger partial charge in [0.05, 0.1) is 11.0 Å². The number of anilines is 1. The van der Waals surface area contributed by atoms with Crippen LogP contribution >= 0.6 is 24.0 Å². The number of rotatable bonds is 5. The van der Waals surface area contributed by atoms with Crippen LogP contribution in [0.25, 0.3) is 0 Å². The summed E-state index contributed by atoms with van der Waals surface area (Å²) in [6.45, 7) is 5.28. The zero-order valence-corrected chi connectivity index (χ0v) is 13.4. The lowest BCUT2D eigenvalue weighted by molar-refractivity contribution is 0.0193. The molecule has 0 radical (unpaired) electrons. The highest BCUT2D eigenvalue weighted by atomic mass is 32.1. The molecule has 0 saturated carbocycles. The molecule has 0 aliphatic carbocycles. The second kappa shape index (κ2) is 7.26. The standard InChI is InChI=1S/C12H20N2O4S2/c1-12(2,3)18-11(17)14-10-13-6-8(20-10)9(16)7(15)4-5-19/h6-7,9,15-16,19H,4-5H2,1-3H3,(H,13,14,17). The quantitative estimate of drug-likeness (QED) is 0.624. The smallest absolute Gasteiger partial charge is 0.413 e. The molecule has 6 nitrogen and oxygen atoms in total. The summed E-state index contributed by atoms with van der Waals surface area (Å²) >= 11 is 5.09. The number of thiazole rings is 1. The maximum absolute atomic E-state index is 11.6. The number of aliphatic hydroxyl groups is 2. The molecule has 0 fully saturated rings. The minimum Gasteiger partial charge on any atom is -0.444 e. The van der Waals surface area contributed by atoms with Gasteiger partial charge in [-0.3, -0.25) is 5.32 Å². The maximum Gasteiger partial charge on any atom is 0.413 e. The fraction of sp³-hybridized carbons (Fsp3) is 0.667. The van der Waals surface area contributed by atoms with Crippen LogP contribution in [0.4, 0.5) is 9.93 Å². The molecule has 0 bridgehead atoms. The van der Waals surface area contributed by atoms with Gasteiger partial charge in [0.2, 0.25) is 0 Å². The number of hydrogen-bond donors (Lipinski definition) is 4. The number of hydrogen-bond acceptors (Lipinski definition) is 7. The van der Waals surface area contributed by atoms with Crippen molar-refractivity contribution in [1.82, 2.24) is 4.98 Å². The lowest BCUT2D eigenvalue weighted by atomic mass is 10.1. The molecule has 0 saturated heterocycles. The first kappa shape index (κ1) is 17.2. The van der Waals surface area contributed by atoms with Gasteiger partial charge in [-0.25, -0.2) is 9.78 Å². The summed E-state index contributed by atoms with van der Waals surface area (Å²) in [5.74, 6) is 0.472. The van der Waals surface area contributed by atoms with Crippen LogP contribution in [0.1, 0.15) is 38.2 Å². The van der Waals surface area contributed by atoms with E-state index in [-0.39, 0.29) is 0 Å². The van der Waals surface area contributed by atoms with Crippen LogP contribution in [-0.2, 0) is 4.74 Å². The number of nitrogens with zero attached hydrogens (tertiary/aromatic N) is 1. The van der Waals surface area contributed by atoms with Gasteiger partial charge in [-0.05, 0) is 32.9 Å². The molecule has 3 N–H and O–H groups in total. The van der Waals surface area contributed by atoms with Crippen LogP contribution in [0, 0.1) is 0 Å². The fourth-order valence-electron chi connectivity index (χ4n) is 1.35. The van der Waals surface area contributed by atoms with Gasteiger partial charge >= 0.3 is 6.09 Å². The molecule has 2 atom stereocenters. The number of nitrogens with one attached hydrogen (secondary N) is 1. The van der Waals surface area contributed by atoms with E-state index < -0.39 is 23.9 Å². The van der Waals surface area contributed by atoms with Crippen molar-refractivity contribution >= 4 is 35.2 Å². The van der Waals surface area contributed by atoms with Gasteiger partial charge in [0.15, 0.2) is 5.13 Å². The Kier molecular flexibility index (Phi) is 6.25. The van der Waals surface area contributed by atoms with Gasteiger partial charge in [-0.1, -0.05) is 11.3 Å². The number of aromatic nitrogens is 1. The molecule has 0 aliphatic rings. The van der Waals surface area contributed by atoms with Crippen LogP contribution in [0.15, 0.2) is 6.20 Å². The second-order valence-electron chi connectivity index (χ2n) is 5.22. The van der Waals surface area contributed by atoms with Crippen molar-refractivity contribution in [2.45, 2.75) is 45.0 Å². The zero-order valence-electron chi connectivity index (χ0n) is 11.7. The Morgan fingerprint density at radius 1 is 1.55 bits per heavy atom. The first-order chi connectivity index (χ1) is 9.23. The van der Waals surface area contributed by atoms with Crippen molar-refractivity contribution in [1.29, 1.82) is 0 Å². The van der Waals surface area contributed by atoms with E-state index in [1.165, 1.54) is 6.20 Å². The van der Waals surface area contributed by atoms with Gasteiger partial charge < -0.3 is 14.9 Å². The van der Waals surface area contributed by atoms with Crippen molar-refractivity contribution in [2.24, 2.45) is 0 Å². The maximum atomic E-state index is 11.6. The predicted molar refractivity (Wildman–Crippen MR) is 81.4 cm³/mol. The number of amides is 1. The predicted octanol–water partition coefficient (Wildman–Crippen LogP) is 2.20. The highest BCUT2D eigenvalue weighted by Gasteiger charge is 2.22. The molecular formula is C12H20N2O4S2. The fourth-order valence-corrected chi connectivity index (χ4v) is 2.46. The summed E-state index contributed by atoms with van der Waals surface area (Å²) in [5.41, 5.74) is -0.591. The number of carbonyl (C=O) groups is 1. The number of ether oxygens (including phenoxy) is 1. The molecule has 8 heteroatoms. The SMILES string of the molecule is CC(C)(C)OC(=O)Nc1ncc(C(O)C(O)CCS)s1. The molecular weight excluding hydrogens is 300 g/mol. The Morgan fingerprint density at radius 3 is 2.75 bits per heavy atom. The van der Waals surface area contributed by atoms with Gasteiger partial charge in [-0.2, -0.15) is 12.6 Å². The van der Waals surface area contributed by atoms with Crippen molar-refractivity contribution < 1.29 is 19.7 Å². The highest BCUT2D eigenvalue weighted by molar-refractivity contribution is 7.80.